The third kappa shape index (κ3) is 4.57. The number of ether oxygens (including phenoxy) is 1. The van der Waals surface area contributed by atoms with Crippen molar-refractivity contribution in [1.82, 2.24) is 0 Å². The maximum absolute atomic E-state index is 11.1. The number of nitrogens with one attached hydrogen (secondary N) is 1. The maximum atomic E-state index is 11.1. The standard InChI is InChI=1S/C21H25NO6/c1-12(24)22-16-7-5-13(6-8-16)9-14-3-2-4-15(10-14)21-20(27)19(26)18(25)17(11-23)28-21/h2-8,10,17-21,23,25-27H,9,11H2,1H3,(H,22,24)/t17-,18-,19+,20-,21+/m1/s1. The lowest BCUT2D eigenvalue weighted by atomic mass is 9.90. The molecule has 0 spiro atoms. The average Bonchev–Trinajstić information content (AvgIpc) is 2.68. The highest BCUT2D eigenvalue weighted by molar-refractivity contribution is 5.88. The number of aliphatic hydroxyl groups is 4. The second kappa shape index (κ2) is 8.81. The number of aliphatic hydroxyl groups excluding tert-OH is 4. The van der Waals surface area contributed by atoms with Crippen LogP contribution in [-0.4, -0.2) is 57.4 Å². The van der Waals surface area contributed by atoms with E-state index < -0.39 is 37.1 Å². The molecule has 1 saturated heterocycles. The van der Waals surface area contributed by atoms with Gasteiger partial charge in [-0.15, -0.1) is 0 Å². The average molecular weight is 387 g/mol. The minimum absolute atomic E-state index is 0.125. The Morgan fingerprint density at radius 2 is 1.71 bits per heavy atom. The molecular weight excluding hydrogens is 362 g/mol. The Kier molecular flexibility index (Phi) is 6.43. The zero-order valence-corrected chi connectivity index (χ0v) is 15.5. The molecule has 0 aliphatic carbocycles. The fraction of sp³-hybridized carbons (Fsp3) is 0.381. The molecule has 0 saturated carbocycles. The van der Waals surface area contributed by atoms with Crippen LogP contribution in [-0.2, 0) is 16.0 Å². The zero-order valence-electron chi connectivity index (χ0n) is 15.5. The second-order valence-electron chi connectivity index (χ2n) is 7.05. The van der Waals surface area contributed by atoms with Crippen LogP contribution in [0.5, 0.6) is 0 Å². The number of carbonyl (C=O) groups is 1. The molecule has 28 heavy (non-hydrogen) atoms. The van der Waals surface area contributed by atoms with Crippen molar-refractivity contribution in [3.63, 3.8) is 0 Å². The van der Waals surface area contributed by atoms with Crippen LogP contribution in [0.15, 0.2) is 48.5 Å². The summed E-state index contributed by atoms with van der Waals surface area (Å²) < 4.78 is 5.62. The maximum Gasteiger partial charge on any atom is 0.221 e. The number of amides is 1. The lowest BCUT2D eigenvalue weighted by Crippen LogP contribution is -2.55. The van der Waals surface area contributed by atoms with Crippen LogP contribution in [0.1, 0.15) is 29.7 Å². The summed E-state index contributed by atoms with van der Waals surface area (Å²) in [6.07, 6.45) is -5.23. The van der Waals surface area contributed by atoms with Crippen LogP contribution in [0, 0.1) is 0 Å². The van der Waals surface area contributed by atoms with Gasteiger partial charge in [0, 0.05) is 12.6 Å². The van der Waals surface area contributed by atoms with Crippen LogP contribution in [0.25, 0.3) is 0 Å². The summed E-state index contributed by atoms with van der Waals surface area (Å²) in [6, 6.07) is 14.9. The molecule has 1 aliphatic rings. The Balaban J connectivity index is 1.75. The number of hydrogen-bond donors (Lipinski definition) is 5. The Morgan fingerprint density at radius 1 is 1.00 bits per heavy atom. The smallest absolute Gasteiger partial charge is 0.221 e. The highest BCUT2D eigenvalue weighted by Gasteiger charge is 2.43. The van der Waals surface area contributed by atoms with E-state index in [1.165, 1.54) is 6.92 Å². The van der Waals surface area contributed by atoms with E-state index >= 15 is 0 Å². The quantitative estimate of drug-likeness (QED) is 0.517. The Bertz CT molecular complexity index is 807. The van der Waals surface area contributed by atoms with Crippen LogP contribution in [0.4, 0.5) is 5.69 Å². The third-order valence-corrected chi connectivity index (χ3v) is 4.85. The van der Waals surface area contributed by atoms with Crippen molar-refractivity contribution in [2.75, 3.05) is 11.9 Å². The predicted molar refractivity (Wildman–Crippen MR) is 103 cm³/mol. The van der Waals surface area contributed by atoms with E-state index in [9.17, 15) is 25.2 Å². The molecule has 7 heteroatoms. The van der Waals surface area contributed by atoms with Gasteiger partial charge in [-0.1, -0.05) is 36.4 Å². The van der Waals surface area contributed by atoms with E-state index in [1.54, 1.807) is 6.07 Å². The highest BCUT2D eigenvalue weighted by atomic mass is 16.5. The molecule has 1 aliphatic heterocycles. The van der Waals surface area contributed by atoms with E-state index in [4.69, 9.17) is 4.74 Å². The van der Waals surface area contributed by atoms with Gasteiger partial charge in [-0.25, -0.2) is 0 Å². The van der Waals surface area contributed by atoms with Gasteiger partial charge in [0.2, 0.25) is 5.91 Å². The van der Waals surface area contributed by atoms with Gasteiger partial charge in [-0.2, -0.15) is 0 Å². The summed E-state index contributed by atoms with van der Waals surface area (Å²) in [5.74, 6) is -0.125. The van der Waals surface area contributed by atoms with Gasteiger partial charge in [0.25, 0.3) is 0 Å². The van der Waals surface area contributed by atoms with Crippen molar-refractivity contribution in [2.45, 2.75) is 43.9 Å². The van der Waals surface area contributed by atoms with Gasteiger partial charge < -0.3 is 30.5 Å². The number of carbonyl (C=O) groups excluding carboxylic acids is 1. The molecule has 150 valence electrons. The molecule has 3 rings (SSSR count). The molecule has 0 bridgehead atoms. The van der Waals surface area contributed by atoms with E-state index in [-0.39, 0.29) is 5.91 Å². The summed E-state index contributed by atoms with van der Waals surface area (Å²) >= 11 is 0. The minimum atomic E-state index is -1.40. The molecule has 0 aromatic heterocycles. The predicted octanol–water partition coefficient (Wildman–Crippen LogP) is 0.751. The zero-order chi connectivity index (χ0) is 20.3. The molecule has 1 heterocycles. The fourth-order valence-electron chi connectivity index (χ4n) is 3.40. The molecule has 0 unspecified atom stereocenters. The molecule has 1 fully saturated rings. The summed E-state index contributed by atoms with van der Waals surface area (Å²) in [4.78, 5) is 11.1. The van der Waals surface area contributed by atoms with E-state index in [0.717, 1.165) is 16.8 Å². The summed E-state index contributed by atoms with van der Waals surface area (Å²) in [5, 5.41) is 42.3. The van der Waals surface area contributed by atoms with Gasteiger partial charge in [0.05, 0.1) is 6.61 Å². The molecule has 0 radical (unpaired) electrons. The first-order chi connectivity index (χ1) is 13.4. The third-order valence-electron chi connectivity index (χ3n) is 4.85. The van der Waals surface area contributed by atoms with Gasteiger partial charge in [-0.05, 0) is 35.2 Å². The van der Waals surface area contributed by atoms with Crippen LogP contribution < -0.4 is 5.32 Å². The second-order valence-corrected chi connectivity index (χ2v) is 7.05. The largest absolute Gasteiger partial charge is 0.394 e. The highest BCUT2D eigenvalue weighted by Crippen LogP contribution is 2.33. The monoisotopic (exact) mass is 387 g/mol. The first kappa shape index (κ1) is 20.4. The minimum Gasteiger partial charge on any atom is -0.394 e. The van der Waals surface area contributed by atoms with Gasteiger partial charge >= 0.3 is 0 Å². The topological polar surface area (TPSA) is 119 Å². The first-order valence-electron chi connectivity index (χ1n) is 9.15. The molecule has 2 aromatic carbocycles. The Hall–Kier alpha value is -2.29. The number of anilines is 1. The molecule has 1 amide bonds. The van der Waals surface area contributed by atoms with Gasteiger partial charge in [-0.3, -0.25) is 4.79 Å². The summed E-state index contributed by atoms with van der Waals surface area (Å²) in [7, 11) is 0. The fourth-order valence-corrected chi connectivity index (χ4v) is 3.40. The molecule has 5 atom stereocenters. The molecular formula is C21H25NO6. The number of benzene rings is 2. The number of rotatable bonds is 5. The van der Waals surface area contributed by atoms with Crippen molar-refractivity contribution in [2.24, 2.45) is 0 Å². The summed E-state index contributed by atoms with van der Waals surface area (Å²) in [5.41, 5.74) is 3.40. The van der Waals surface area contributed by atoms with E-state index in [0.29, 0.717) is 12.0 Å². The van der Waals surface area contributed by atoms with Gasteiger partial charge in [0.15, 0.2) is 0 Å². The van der Waals surface area contributed by atoms with Crippen molar-refractivity contribution in [3.8, 4) is 0 Å². The Morgan fingerprint density at radius 3 is 2.36 bits per heavy atom. The molecule has 5 N–H and O–H groups in total. The van der Waals surface area contributed by atoms with Gasteiger partial charge in [0.1, 0.15) is 30.5 Å². The van der Waals surface area contributed by atoms with Crippen molar-refractivity contribution in [1.29, 1.82) is 0 Å². The number of hydrogen-bond acceptors (Lipinski definition) is 6. The lowest BCUT2D eigenvalue weighted by molar-refractivity contribution is -0.231. The van der Waals surface area contributed by atoms with Crippen molar-refractivity contribution >= 4 is 11.6 Å². The van der Waals surface area contributed by atoms with Crippen LogP contribution in [0.3, 0.4) is 0 Å². The van der Waals surface area contributed by atoms with Crippen molar-refractivity contribution in [3.05, 3.63) is 65.2 Å². The van der Waals surface area contributed by atoms with Crippen LogP contribution >= 0.6 is 0 Å². The SMILES string of the molecule is CC(=O)Nc1ccc(Cc2cccc([C@@H]3O[C@H](CO)[C@@H](O)[C@H](O)[C@H]3O)c2)cc1. The van der Waals surface area contributed by atoms with E-state index in [1.807, 2.05) is 42.5 Å². The lowest BCUT2D eigenvalue weighted by Gasteiger charge is -2.40. The first-order valence-corrected chi connectivity index (χ1v) is 9.15. The Labute approximate surface area is 163 Å². The van der Waals surface area contributed by atoms with E-state index in [2.05, 4.69) is 5.32 Å². The van der Waals surface area contributed by atoms with Crippen molar-refractivity contribution < 1.29 is 30.0 Å². The van der Waals surface area contributed by atoms with Crippen LogP contribution in [0.2, 0.25) is 0 Å². The molecule has 2 aromatic rings. The molecule has 7 nitrogen and oxygen atoms in total. The normalized spacial score (nSPS) is 27.4. The summed E-state index contributed by atoms with van der Waals surface area (Å²) in [6.45, 7) is 1.00.